The largest absolute Gasteiger partial charge is 0.444 e. The van der Waals surface area contributed by atoms with Gasteiger partial charge in [0.2, 0.25) is 5.78 Å². The first-order chi connectivity index (χ1) is 7.74. The van der Waals surface area contributed by atoms with Crippen LogP contribution in [0.25, 0.3) is 0 Å². The molecule has 0 bridgehead atoms. The molecule has 0 radical (unpaired) electrons. The van der Waals surface area contributed by atoms with E-state index in [1.165, 1.54) is 0 Å². The second-order valence-electron chi connectivity index (χ2n) is 5.42. The number of Topliss-reactive ketones (excluding diaryl/α,β-unsaturated/α-hetero) is 1. The molecule has 1 aliphatic carbocycles. The van der Waals surface area contributed by atoms with Crippen LogP contribution in [0.15, 0.2) is 0 Å². The molecule has 1 rings (SSSR count). The van der Waals surface area contributed by atoms with E-state index in [0.29, 0.717) is 12.8 Å². The maximum atomic E-state index is 11.7. The van der Waals surface area contributed by atoms with Crippen LogP contribution in [0.4, 0.5) is 4.79 Å². The summed E-state index contributed by atoms with van der Waals surface area (Å²) in [6, 6.07) is 0.0622. The SMILES string of the molecule is C#CC(=O)C1CC(N(C)C(=O)OC(C)(C)C)C1. The summed E-state index contributed by atoms with van der Waals surface area (Å²) in [4.78, 5) is 24.5. The van der Waals surface area contributed by atoms with E-state index in [-0.39, 0.29) is 23.8 Å². The highest BCUT2D eigenvalue weighted by atomic mass is 16.6. The fraction of sp³-hybridized carbons (Fsp3) is 0.692. The van der Waals surface area contributed by atoms with Crippen LogP contribution in [0.5, 0.6) is 0 Å². The lowest BCUT2D eigenvalue weighted by Gasteiger charge is -2.39. The molecule has 0 aromatic carbocycles. The van der Waals surface area contributed by atoms with E-state index < -0.39 is 5.60 Å². The molecule has 1 aliphatic rings. The van der Waals surface area contributed by atoms with Crippen LogP contribution in [0.1, 0.15) is 33.6 Å². The zero-order valence-corrected chi connectivity index (χ0v) is 10.8. The molecule has 0 atom stereocenters. The number of nitrogens with zero attached hydrogens (tertiary/aromatic N) is 1. The summed E-state index contributed by atoms with van der Waals surface area (Å²) in [7, 11) is 1.69. The van der Waals surface area contributed by atoms with Crippen molar-refractivity contribution in [2.24, 2.45) is 5.92 Å². The third-order valence-electron chi connectivity index (χ3n) is 2.86. The lowest BCUT2D eigenvalue weighted by Crippen LogP contribution is -2.48. The van der Waals surface area contributed by atoms with Crippen LogP contribution in [0.3, 0.4) is 0 Å². The van der Waals surface area contributed by atoms with Gasteiger partial charge in [-0.2, -0.15) is 0 Å². The van der Waals surface area contributed by atoms with Gasteiger partial charge in [-0.05, 0) is 39.5 Å². The van der Waals surface area contributed by atoms with Crippen molar-refractivity contribution in [3.05, 3.63) is 0 Å². The topological polar surface area (TPSA) is 46.6 Å². The van der Waals surface area contributed by atoms with E-state index in [1.54, 1.807) is 11.9 Å². The molecule has 4 nitrogen and oxygen atoms in total. The number of terminal acetylenes is 1. The molecule has 1 saturated carbocycles. The van der Waals surface area contributed by atoms with E-state index in [2.05, 4.69) is 5.92 Å². The number of amides is 1. The van der Waals surface area contributed by atoms with Gasteiger partial charge in [0.1, 0.15) is 5.60 Å². The van der Waals surface area contributed by atoms with Crippen molar-refractivity contribution >= 4 is 11.9 Å². The molecule has 0 aliphatic heterocycles. The van der Waals surface area contributed by atoms with Gasteiger partial charge in [-0.1, -0.05) is 0 Å². The van der Waals surface area contributed by atoms with Crippen molar-refractivity contribution in [3.63, 3.8) is 0 Å². The molecule has 0 aromatic rings. The van der Waals surface area contributed by atoms with Gasteiger partial charge >= 0.3 is 6.09 Å². The highest BCUT2D eigenvalue weighted by molar-refractivity contribution is 5.97. The Morgan fingerprint density at radius 3 is 2.29 bits per heavy atom. The molecule has 0 heterocycles. The number of carbonyl (C=O) groups excluding carboxylic acids is 2. The minimum absolute atomic E-state index is 0.0622. The molecule has 0 spiro atoms. The van der Waals surface area contributed by atoms with Crippen molar-refractivity contribution in [3.8, 4) is 12.3 Å². The Hall–Kier alpha value is -1.50. The lowest BCUT2D eigenvalue weighted by molar-refractivity contribution is -0.121. The summed E-state index contributed by atoms with van der Waals surface area (Å²) >= 11 is 0. The molecule has 17 heavy (non-hydrogen) atoms. The van der Waals surface area contributed by atoms with Crippen LogP contribution < -0.4 is 0 Å². The first kappa shape index (κ1) is 13.6. The molecule has 0 aromatic heterocycles. The molecule has 0 N–H and O–H groups in total. The summed E-state index contributed by atoms with van der Waals surface area (Å²) < 4.78 is 5.24. The first-order valence-electron chi connectivity index (χ1n) is 5.71. The standard InChI is InChI=1S/C13H19NO3/c1-6-11(15)9-7-10(8-9)14(5)12(16)17-13(2,3)4/h1,9-10H,7-8H2,2-5H3. The van der Waals surface area contributed by atoms with Gasteiger partial charge in [-0.3, -0.25) is 4.79 Å². The van der Waals surface area contributed by atoms with Gasteiger partial charge in [0.05, 0.1) is 0 Å². The molecule has 1 fully saturated rings. The molecule has 0 unspecified atom stereocenters. The van der Waals surface area contributed by atoms with Gasteiger partial charge in [0.25, 0.3) is 0 Å². The van der Waals surface area contributed by atoms with E-state index in [4.69, 9.17) is 11.2 Å². The predicted octanol–water partition coefficient (Wildman–Crippen LogP) is 1.83. The minimum atomic E-state index is -0.497. The number of ketones is 1. The second-order valence-corrected chi connectivity index (χ2v) is 5.42. The van der Waals surface area contributed by atoms with Crippen LogP contribution in [0.2, 0.25) is 0 Å². The van der Waals surface area contributed by atoms with Gasteiger partial charge in [0, 0.05) is 19.0 Å². The average Bonchev–Trinajstić information content (AvgIpc) is 2.12. The van der Waals surface area contributed by atoms with Crippen LogP contribution >= 0.6 is 0 Å². The van der Waals surface area contributed by atoms with E-state index >= 15 is 0 Å². The summed E-state index contributed by atoms with van der Waals surface area (Å²) in [5.41, 5.74) is -0.497. The summed E-state index contributed by atoms with van der Waals surface area (Å²) in [6.45, 7) is 5.47. The fourth-order valence-corrected chi connectivity index (χ4v) is 1.72. The lowest BCUT2D eigenvalue weighted by atomic mass is 9.77. The minimum Gasteiger partial charge on any atom is -0.444 e. The smallest absolute Gasteiger partial charge is 0.410 e. The molecular formula is C13H19NO3. The van der Waals surface area contributed by atoms with Crippen LogP contribution in [-0.2, 0) is 9.53 Å². The van der Waals surface area contributed by atoms with Crippen molar-refractivity contribution in [1.29, 1.82) is 0 Å². The maximum Gasteiger partial charge on any atom is 0.410 e. The Kier molecular flexibility index (Phi) is 3.82. The van der Waals surface area contributed by atoms with Gasteiger partial charge in [-0.15, -0.1) is 6.42 Å². The van der Waals surface area contributed by atoms with E-state index in [9.17, 15) is 9.59 Å². The Morgan fingerprint density at radius 2 is 1.88 bits per heavy atom. The molecular weight excluding hydrogens is 218 g/mol. The summed E-state index contributed by atoms with van der Waals surface area (Å²) in [6.07, 6.45) is 5.96. The van der Waals surface area contributed by atoms with E-state index in [1.807, 2.05) is 20.8 Å². The second kappa shape index (κ2) is 4.79. The zero-order valence-electron chi connectivity index (χ0n) is 10.8. The van der Waals surface area contributed by atoms with Gasteiger partial charge < -0.3 is 9.64 Å². The third kappa shape index (κ3) is 3.48. The monoisotopic (exact) mass is 237 g/mol. The zero-order chi connectivity index (χ0) is 13.2. The Labute approximate surface area is 102 Å². The van der Waals surface area contributed by atoms with Crippen molar-refractivity contribution < 1.29 is 14.3 Å². The number of carbonyl (C=O) groups is 2. The van der Waals surface area contributed by atoms with Crippen LogP contribution in [-0.4, -0.2) is 35.5 Å². The van der Waals surface area contributed by atoms with Gasteiger partial charge in [-0.25, -0.2) is 4.79 Å². The Bertz CT molecular complexity index is 356. The van der Waals surface area contributed by atoms with Crippen LogP contribution in [0, 0.1) is 18.3 Å². The molecule has 1 amide bonds. The first-order valence-corrected chi connectivity index (χ1v) is 5.71. The average molecular weight is 237 g/mol. The highest BCUT2D eigenvalue weighted by Gasteiger charge is 2.38. The number of ether oxygens (including phenoxy) is 1. The fourth-order valence-electron chi connectivity index (χ4n) is 1.72. The molecule has 0 saturated heterocycles. The Morgan fingerprint density at radius 1 is 1.35 bits per heavy atom. The maximum absolute atomic E-state index is 11.7. The van der Waals surface area contributed by atoms with Crippen molar-refractivity contribution in [1.82, 2.24) is 4.90 Å². The summed E-state index contributed by atoms with van der Waals surface area (Å²) in [5, 5.41) is 0. The molecule has 94 valence electrons. The normalized spacial score (nSPS) is 23.2. The number of rotatable bonds is 2. The Balaban J connectivity index is 2.42. The third-order valence-corrected chi connectivity index (χ3v) is 2.86. The predicted molar refractivity (Wildman–Crippen MR) is 64.3 cm³/mol. The quantitative estimate of drug-likeness (QED) is 0.544. The van der Waals surface area contributed by atoms with Crippen molar-refractivity contribution in [2.45, 2.75) is 45.3 Å². The summed E-state index contributed by atoms with van der Waals surface area (Å²) in [5.74, 6) is 1.86. The number of hydrogen-bond donors (Lipinski definition) is 0. The molecule has 4 heteroatoms. The number of hydrogen-bond acceptors (Lipinski definition) is 3. The van der Waals surface area contributed by atoms with E-state index in [0.717, 1.165) is 0 Å². The van der Waals surface area contributed by atoms with Gasteiger partial charge in [0.15, 0.2) is 0 Å². The highest BCUT2D eigenvalue weighted by Crippen LogP contribution is 2.32. The van der Waals surface area contributed by atoms with Crippen molar-refractivity contribution in [2.75, 3.05) is 7.05 Å².